The minimum absolute atomic E-state index is 0.176. The number of nitrogens with zero attached hydrogens (tertiary/aromatic N) is 1. The predicted molar refractivity (Wildman–Crippen MR) is 109 cm³/mol. The lowest BCUT2D eigenvalue weighted by atomic mass is 10.1. The third-order valence-corrected chi connectivity index (χ3v) is 5.98. The Balaban J connectivity index is 1.40. The Morgan fingerprint density at radius 1 is 0.815 bits per heavy atom. The molecule has 1 saturated heterocycles. The molecule has 1 unspecified atom stereocenters. The Hall–Kier alpha value is -1.06. The van der Waals surface area contributed by atoms with Crippen LogP contribution in [0.15, 0.2) is 0 Å². The molecule has 0 aromatic heterocycles. The van der Waals surface area contributed by atoms with Crippen molar-refractivity contribution in [3.63, 3.8) is 0 Å². The summed E-state index contributed by atoms with van der Waals surface area (Å²) in [6.45, 7) is 3.51. The maximum atomic E-state index is 12.3. The fraction of sp³-hybridized carbons (Fsp3) is 0.913. The van der Waals surface area contributed by atoms with E-state index in [-0.39, 0.29) is 23.8 Å². The van der Waals surface area contributed by atoms with Crippen molar-refractivity contribution in [3.8, 4) is 0 Å². The minimum Gasteiger partial charge on any atom is -0.464 e. The molecular weight excluding hydrogens is 338 g/mol. The van der Waals surface area contributed by atoms with Crippen LogP contribution in [-0.2, 0) is 14.3 Å². The average molecular weight is 380 g/mol. The topological polar surface area (TPSA) is 46.6 Å². The fourth-order valence-corrected chi connectivity index (χ4v) is 4.05. The van der Waals surface area contributed by atoms with Gasteiger partial charge in [0.15, 0.2) is 0 Å². The molecule has 0 aromatic carbocycles. The van der Waals surface area contributed by atoms with Crippen LogP contribution in [0.5, 0.6) is 0 Å². The lowest BCUT2D eigenvalue weighted by Crippen LogP contribution is -2.42. The number of esters is 1. The average Bonchev–Trinajstić information content (AvgIpc) is 3.41. The Bertz CT molecular complexity index is 433. The van der Waals surface area contributed by atoms with E-state index in [2.05, 4.69) is 6.92 Å². The first kappa shape index (κ1) is 22.2. The Morgan fingerprint density at radius 2 is 1.37 bits per heavy atom. The SMILES string of the molecule is CCCCCCCCCCCCCCOC(=O)C1CCCN1C(=O)C1CC1. The van der Waals surface area contributed by atoms with E-state index < -0.39 is 0 Å². The van der Waals surface area contributed by atoms with Crippen molar-refractivity contribution in [1.29, 1.82) is 0 Å². The van der Waals surface area contributed by atoms with Crippen LogP contribution < -0.4 is 0 Å². The highest BCUT2D eigenvalue weighted by atomic mass is 16.5. The molecule has 1 aliphatic heterocycles. The molecule has 1 atom stereocenters. The van der Waals surface area contributed by atoms with Crippen molar-refractivity contribution in [2.75, 3.05) is 13.2 Å². The van der Waals surface area contributed by atoms with Crippen LogP contribution in [0.25, 0.3) is 0 Å². The second-order valence-corrected chi connectivity index (χ2v) is 8.52. The molecule has 156 valence electrons. The summed E-state index contributed by atoms with van der Waals surface area (Å²) in [6, 6.07) is -0.310. The van der Waals surface area contributed by atoms with Gasteiger partial charge in [0.05, 0.1) is 6.61 Å². The van der Waals surface area contributed by atoms with Crippen molar-refractivity contribution in [2.45, 2.75) is 116 Å². The normalized spacial score (nSPS) is 19.4. The van der Waals surface area contributed by atoms with E-state index in [1.54, 1.807) is 4.90 Å². The fourth-order valence-electron chi connectivity index (χ4n) is 4.05. The Kier molecular flexibility index (Phi) is 10.8. The lowest BCUT2D eigenvalue weighted by Gasteiger charge is -2.23. The van der Waals surface area contributed by atoms with Crippen LogP contribution >= 0.6 is 0 Å². The van der Waals surface area contributed by atoms with Gasteiger partial charge >= 0.3 is 5.97 Å². The van der Waals surface area contributed by atoms with Gasteiger partial charge in [0.1, 0.15) is 6.04 Å². The largest absolute Gasteiger partial charge is 0.464 e. The second kappa shape index (κ2) is 13.2. The van der Waals surface area contributed by atoms with E-state index in [9.17, 15) is 9.59 Å². The zero-order valence-corrected chi connectivity index (χ0v) is 17.6. The van der Waals surface area contributed by atoms with Gasteiger partial charge in [-0.3, -0.25) is 4.79 Å². The van der Waals surface area contributed by atoms with E-state index in [4.69, 9.17) is 4.74 Å². The molecule has 4 heteroatoms. The maximum absolute atomic E-state index is 12.3. The first-order valence-corrected chi connectivity index (χ1v) is 11.7. The molecule has 0 spiro atoms. The summed E-state index contributed by atoms with van der Waals surface area (Å²) in [5, 5.41) is 0. The molecule has 0 aromatic rings. The van der Waals surface area contributed by atoms with Crippen LogP contribution in [-0.4, -0.2) is 36.0 Å². The monoisotopic (exact) mass is 379 g/mol. The van der Waals surface area contributed by atoms with E-state index in [1.807, 2.05) is 0 Å². The van der Waals surface area contributed by atoms with Gasteiger partial charge in [-0.25, -0.2) is 4.79 Å². The van der Waals surface area contributed by atoms with Crippen LogP contribution in [0.3, 0.4) is 0 Å². The second-order valence-electron chi connectivity index (χ2n) is 8.52. The molecule has 1 amide bonds. The van der Waals surface area contributed by atoms with Crippen LogP contribution in [0.1, 0.15) is 110 Å². The van der Waals surface area contributed by atoms with Crippen LogP contribution in [0, 0.1) is 5.92 Å². The summed E-state index contributed by atoms with van der Waals surface area (Å²) in [5.74, 6) is 0.194. The standard InChI is InChI=1S/C23H41NO3/c1-2-3-4-5-6-7-8-9-10-11-12-13-19-27-23(26)21-15-14-18-24(21)22(25)20-16-17-20/h20-21H,2-19H2,1H3. The smallest absolute Gasteiger partial charge is 0.328 e. The van der Waals surface area contributed by atoms with Crippen molar-refractivity contribution >= 4 is 11.9 Å². The van der Waals surface area contributed by atoms with E-state index in [0.717, 1.165) is 45.1 Å². The summed E-state index contributed by atoms with van der Waals surface area (Å²) in [4.78, 5) is 26.3. The van der Waals surface area contributed by atoms with Gasteiger partial charge in [0.25, 0.3) is 0 Å². The van der Waals surface area contributed by atoms with Gasteiger partial charge in [-0.2, -0.15) is 0 Å². The lowest BCUT2D eigenvalue weighted by molar-refractivity contribution is -0.153. The van der Waals surface area contributed by atoms with Crippen molar-refractivity contribution in [3.05, 3.63) is 0 Å². The van der Waals surface area contributed by atoms with Gasteiger partial charge < -0.3 is 9.64 Å². The molecule has 1 aliphatic carbocycles. The summed E-state index contributed by atoms with van der Waals surface area (Å²) in [5.41, 5.74) is 0. The molecule has 1 heterocycles. The zero-order valence-electron chi connectivity index (χ0n) is 17.6. The Morgan fingerprint density at radius 3 is 1.93 bits per heavy atom. The summed E-state index contributed by atoms with van der Waals surface area (Å²) >= 11 is 0. The van der Waals surface area contributed by atoms with Gasteiger partial charge in [-0.15, -0.1) is 0 Å². The van der Waals surface area contributed by atoms with Gasteiger partial charge in [0, 0.05) is 12.5 Å². The third kappa shape index (κ3) is 8.66. The van der Waals surface area contributed by atoms with Crippen molar-refractivity contribution < 1.29 is 14.3 Å². The molecule has 2 aliphatic rings. The Labute approximate surface area is 166 Å². The number of rotatable bonds is 15. The van der Waals surface area contributed by atoms with Crippen molar-refractivity contribution in [1.82, 2.24) is 4.90 Å². The first-order valence-electron chi connectivity index (χ1n) is 11.7. The molecule has 0 radical (unpaired) electrons. The summed E-state index contributed by atoms with van der Waals surface area (Å²) in [7, 11) is 0. The maximum Gasteiger partial charge on any atom is 0.328 e. The number of unbranched alkanes of at least 4 members (excludes halogenated alkanes) is 11. The van der Waals surface area contributed by atoms with Crippen molar-refractivity contribution in [2.24, 2.45) is 5.92 Å². The molecular formula is C23H41NO3. The summed E-state index contributed by atoms with van der Waals surface area (Å²) in [6.07, 6.45) is 19.3. The summed E-state index contributed by atoms with van der Waals surface area (Å²) < 4.78 is 5.47. The third-order valence-electron chi connectivity index (χ3n) is 5.98. The number of hydrogen-bond donors (Lipinski definition) is 0. The van der Waals surface area contributed by atoms with Gasteiger partial charge in [-0.05, 0) is 32.1 Å². The highest BCUT2D eigenvalue weighted by Crippen LogP contribution is 2.33. The van der Waals surface area contributed by atoms with E-state index >= 15 is 0 Å². The van der Waals surface area contributed by atoms with E-state index in [1.165, 1.54) is 64.2 Å². The van der Waals surface area contributed by atoms with Crippen LogP contribution in [0.4, 0.5) is 0 Å². The number of ether oxygens (including phenoxy) is 1. The molecule has 0 bridgehead atoms. The zero-order chi connectivity index (χ0) is 19.3. The van der Waals surface area contributed by atoms with E-state index in [0.29, 0.717) is 6.61 Å². The molecule has 2 rings (SSSR count). The predicted octanol–water partition coefficient (Wildman–Crippen LogP) is 5.63. The highest BCUT2D eigenvalue weighted by Gasteiger charge is 2.41. The number of likely N-dealkylation sites (tertiary alicyclic amines) is 1. The minimum atomic E-state index is -0.310. The molecule has 1 saturated carbocycles. The van der Waals surface area contributed by atoms with Gasteiger partial charge in [0.2, 0.25) is 5.91 Å². The number of hydrogen-bond acceptors (Lipinski definition) is 3. The first-order chi connectivity index (χ1) is 13.2. The molecule has 0 N–H and O–H groups in total. The highest BCUT2D eigenvalue weighted by molar-refractivity contribution is 5.87. The quantitative estimate of drug-likeness (QED) is 0.273. The molecule has 4 nitrogen and oxygen atoms in total. The molecule has 27 heavy (non-hydrogen) atoms. The van der Waals surface area contributed by atoms with Gasteiger partial charge in [-0.1, -0.05) is 77.6 Å². The molecule has 2 fully saturated rings. The number of amides is 1. The number of carbonyl (C=O) groups excluding carboxylic acids is 2. The number of carbonyl (C=O) groups is 2. The van der Waals surface area contributed by atoms with Crippen LogP contribution in [0.2, 0.25) is 0 Å².